The van der Waals surface area contributed by atoms with E-state index in [-0.39, 0.29) is 18.9 Å². The minimum Gasteiger partial charge on any atom is -0.454 e. The Hall–Kier alpha value is -3.83. The molecule has 0 aliphatic carbocycles. The zero-order valence-electron chi connectivity index (χ0n) is 16.0. The largest absolute Gasteiger partial charge is 0.454 e. The molecule has 11 heteroatoms. The monoisotopic (exact) mass is 440 g/mol. The third kappa shape index (κ3) is 4.37. The molecule has 10 nitrogen and oxygen atoms in total. The molecule has 158 valence electrons. The zero-order chi connectivity index (χ0) is 21.8. The zero-order valence-corrected chi connectivity index (χ0v) is 16.9. The number of carbonyl (C=O) groups is 1. The second-order valence-electron chi connectivity index (χ2n) is 6.35. The highest BCUT2D eigenvalue weighted by Gasteiger charge is 2.26. The van der Waals surface area contributed by atoms with Crippen molar-refractivity contribution in [3.8, 4) is 22.1 Å². The van der Waals surface area contributed by atoms with Gasteiger partial charge in [-0.2, -0.15) is 5.06 Å². The van der Waals surface area contributed by atoms with E-state index in [0.717, 1.165) is 10.6 Å². The number of nitro groups is 1. The molecule has 1 unspecified atom stereocenters. The van der Waals surface area contributed by atoms with Crippen LogP contribution in [0.1, 0.15) is 5.56 Å². The van der Waals surface area contributed by atoms with Crippen molar-refractivity contribution in [1.29, 1.82) is 0 Å². The van der Waals surface area contributed by atoms with Crippen molar-refractivity contribution in [3.63, 3.8) is 0 Å². The van der Waals surface area contributed by atoms with Gasteiger partial charge in [0.25, 0.3) is 5.69 Å². The third-order valence-corrected chi connectivity index (χ3v) is 5.32. The van der Waals surface area contributed by atoms with Crippen molar-refractivity contribution in [2.45, 2.75) is 12.5 Å². The van der Waals surface area contributed by atoms with Gasteiger partial charge in [-0.3, -0.25) is 24.7 Å². The number of hydrogen-bond acceptors (Lipinski definition) is 9. The number of amides is 1. The highest BCUT2D eigenvalue weighted by Crippen LogP contribution is 2.38. The van der Waals surface area contributed by atoms with Crippen molar-refractivity contribution in [3.05, 3.63) is 70.4 Å². The Bertz CT molecular complexity index is 1120. The number of benzene rings is 1. The lowest BCUT2D eigenvalue weighted by Crippen LogP contribution is -2.29. The van der Waals surface area contributed by atoms with E-state index in [4.69, 9.17) is 14.3 Å². The van der Waals surface area contributed by atoms with Crippen molar-refractivity contribution < 1.29 is 24.0 Å². The Morgan fingerprint density at radius 1 is 1.32 bits per heavy atom. The van der Waals surface area contributed by atoms with Crippen molar-refractivity contribution >= 4 is 29.3 Å². The van der Waals surface area contributed by atoms with E-state index < -0.39 is 11.0 Å². The SMILES string of the molecule is C=CC(Cc1cc2c(cc1[N+](=O)[O-])OCO2)ON(C=O)c1csc(-c2ccncc2)n1. The van der Waals surface area contributed by atoms with Crippen molar-refractivity contribution in [1.82, 2.24) is 9.97 Å². The molecule has 0 N–H and O–H groups in total. The Morgan fingerprint density at radius 3 is 2.74 bits per heavy atom. The summed E-state index contributed by atoms with van der Waals surface area (Å²) in [5, 5.41) is 14.8. The van der Waals surface area contributed by atoms with Gasteiger partial charge in [0.2, 0.25) is 13.2 Å². The molecule has 0 fully saturated rings. The molecule has 4 rings (SSSR count). The van der Waals surface area contributed by atoms with E-state index in [1.165, 1.54) is 29.5 Å². The number of rotatable bonds is 9. The van der Waals surface area contributed by atoms with E-state index in [9.17, 15) is 14.9 Å². The third-order valence-electron chi connectivity index (χ3n) is 4.44. The Labute approximate surface area is 180 Å². The van der Waals surface area contributed by atoms with Gasteiger partial charge in [0.05, 0.1) is 11.0 Å². The maximum Gasteiger partial charge on any atom is 0.276 e. The summed E-state index contributed by atoms with van der Waals surface area (Å²) in [6, 6.07) is 6.47. The highest BCUT2D eigenvalue weighted by molar-refractivity contribution is 7.13. The van der Waals surface area contributed by atoms with Gasteiger partial charge in [-0.05, 0) is 18.2 Å². The van der Waals surface area contributed by atoms with Crippen molar-refractivity contribution in [2.24, 2.45) is 0 Å². The lowest BCUT2D eigenvalue weighted by Gasteiger charge is -2.20. The van der Waals surface area contributed by atoms with Crippen LogP contribution in [0.2, 0.25) is 0 Å². The summed E-state index contributed by atoms with van der Waals surface area (Å²) in [7, 11) is 0. The van der Waals surface area contributed by atoms with Crippen LogP contribution in [0.25, 0.3) is 10.6 Å². The van der Waals surface area contributed by atoms with E-state index in [1.807, 2.05) is 0 Å². The predicted octanol–water partition coefficient (Wildman–Crippen LogP) is 3.53. The number of ether oxygens (including phenoxy) is 2. The summed E-state index contributed by atoms with van der Waals surface area (Å²) in [4.78, 5) is 36.8. The van der Waals surface area contributed by atoms with Crippen LogP contribution in [0.3, 0.4) is 0 Å². The molecular formula is C20H16N4O6S. The van der Waals surface area contributed by atoms with Gasteiger partial charge in [-0.25, -0.2) is 4.98 Å². The van der Waals surface area contributed by atoms with Gasteiger partial charge in [0.1, 0.15) is 11.1 Å². The quantitative estimate of drug-likeness (QED) is 0.215. The molecule has 3 aromatic rings. The van der Waals surface area contributed by atoms with E-state index in [0.29, 0.717) is 34.3 Å². The Kier molecular flexibility index (Phi) is 5.87. The number of thiazole rings is 1. The van der Waals surface area contributed by atoms with E-state index in [2.05, 4.69) is 16.5 Å². The number of pyridine rings is 1. The van der Waals surface area contributed by atoms with Crippen LogP contribution in [-0.2, 0) is 16.1 Å². The van der Waals surface area contributed by atoms with Crippen LogP contribution in [-0.4, -0.2) is 34.2 Å². The Morgan fingerprint density at radius 2 is 2.06 bits per heavy atom. The van der Waals surface area contributed by atoms with Crippen molar-refractivity contribution in [2.75, 3.05) is 11.9 Å². The number of fused-ring (bicyclic) bond motifs is 1. The highest BCUT2D eigenvalue weighted by atomic mass is 32.1. The van der Waals surface area contributed by atoms with Gasteiger partial charge >= 0.3 is 0 Å². The molecule has 0 spiro atoms. The number of hydroxylamine groups is 1. The fourth-order valence-electron chi connectivity index (χ4n) is 2.96. The standard InChI is InChI=1S/C20H16N4O6S/c1-2-15(7-14-8-17-18(29-12-28-17)9-16(14)24(26)27)30-23(11-25)19-10-31-20(22-19)13-3-5-21-6-4-13/h2-6,8-11,15H,1,7,12H2. The Balaban J connectivity index is 1.54. The molecule has 0 bridgehead atoms. The molecule has 2 aromatic heterocycles. The molecule has 3 heterocycles. The molecule has 0 saturated carbocycles. The first-order valence-electron chi connectivity index (χ1n) is 9.05. The van der Waals surface area contributed by atoms with E-state index >= 15 is 0 Å². The topological polar surface area (TPSA) is 117 Å². The maximum atomic E-state index is 11.7. The average molecular weight is 440 g/mol. The van der Waals surface area contributed by atoms with Gasteiger partial charge in [-0.1, -0.05) is 6.08 Å². The van der Waals surface area contributed by atoms with Gasteiger partial charge < -0.3 is 9.47 Å². The van der Waals surface area contributed by atoms with Crippen LogP contribution < -0.4 is 14.5 Å². The smallest absolute Gasteiger partial charge is 0.276 e. The molecule has 1 aromatic carbocycles. The summed E-state index contributed by atoms with van der Waals surface area (Å²) in [5.41, 5.74) is 1.08. The number of anilines is 1. The number of hydrogen-bond donors (Lipinski definition) is 0. The molecule has 1 aliphatic heterocycles. The minimum atomic E-state index is -0.740. The summed E-state index contributed by atoms with van der Waals surface area (Å²) >= 11 is 1.34. The van der Waals surface area contributed by atoms with Crippen LogP contribution in [0, 0.1) is 10.1 Å². The first-order chi connectivity index (χ1) is 15.1. The summed E-state index contributed by atoms with van der Waals surface area (Å²) in [6.45, 7) is 3.72. The molecule has 1 amide bonds. The lowest BCUT2D eigenvalue weighted by atomic mass is 10.0. The predicted molar refractivity (Wildman–Crippen MR) is 112 cm³/mol. The first kappa shape index (κ1) is 20.4. The minimum absolute atomic E-state index is 0.000116. The summed E-state index contributed by atoms with van der Waals surface area (Å²) < 4.78 is 10.5. The summed E-state index contributed by atoms with van der Waals surface area (Å²) in [6.07, 6.45) is 4.58. The average Bonchev–Trinajstić information content (AvgIpc) is 3.46. The van der Waals surface area contributed by atoms with Crippen LogP contribution in [0.5, 0.6) is 11.5 Å². The lowest BCUT2D eigenvalue weighted by molar-refractivity contribution is -0.385. The molecule has 1 aliphatic rings. The van der Waals surface area contributed by atoms with E-state index in [1.54, 1.807) is 29.9 Å². The number of carbonyl (C=O) groups excluding carboxylic acids is 1. The molecule has 0 saturated heterocycles. The second-order valence-corrected chi connectivity index (χ2v) is 7.21. The van der Waals surface area contributed by atoms with Crippen LogP contribution in [0.4, 0.5) is 11.5 Å². The maximum absolute atomic E-state index is 11.7. The molecular weight excluding hydrogens is 424 g/mol. The summed E-state index contributed by atoms with van der Waals surface area (Å²) in [5.74, 6) is 1.02. The van der Waals surface area contributed by atoms with Gasteiger partial charge in [0, 0.05) is 35.3 Å². The fraction of sp³-hybridized carbons (Fsp3) is 0.150. The number of nitro benzene ring substituents is 1. The van der Waals surface area contributed by atoms with Gasteiger partial charge in [0.15, 0.2) is 17.3 Å². The molecule has 0 radical (unpaired) electrons. The molecule has 1 atom stereocenters. The van der Waals surface area contributed by atoms with Gasteiger partial charge in [-0.15, -0.1) is 17.9 Å². The number of aromatic nitrogens is 2. The normalized spacial score (nSPS) is 12.9. The second kappa shape index (κ2) is 8.90. The van der Waals surface area contributed by atoms with Crippen LogP contribution in [0.15, 0.2) is 54.7 Å². The number of nitrogens with zero attached hydrogens (tertiary/aromatic N) is 4. The first-order valence-corrected chi connectivity index (χ1v) is 9.93. The fourth-order valence-corrected chi connectivity index (χ4v) is 3.75. The van der Waals surface area contributed by atoms with Crippen LogP contribution >= 0.6 is 11.3 Å². The molecule has 31 heavy (non-hydrogen) atoms.